The topological polar surface area (TPSA) is 35.5 Å². The molecular formula is C16H18O3S. The smallest absolute Gasteiger partial charge is 0.203 e. The zero-order chi connectivity index (χ0) is 14.9. The molecule has 2 aromatic rings. The molecule has 3 nitrogen and oxygen atoms in total. The first-order chi connectivity index (χ1) is 9.47. The molecular weight excluding hydrogens is 272 g/mol. The Hall–Kier alpha value is -1.81. The summed E-state index contributed by atoms with van der Waals surface area (Å²) in [5, 5.41) is 0. The standard InChI is InChI=1S/C16H18O3S/c1-9-7-15(20-11(9)3)16(17)12-8-14(19-5)13(18-4)6-10(12)2/h6-8H,1-5H3. The largest absolute Gasteiger partial charge is 0.493 e. The number of ether oxygens (including phenoxy) is 2. The van der Waals surface area contributed by atoms with Crippen LogP contribution in [0.15, 0.2) is 18.2 Å². The minimum absolute atomic E-state index is 0.0321. The number of carbonyl (C=O) groups excluding carboxylic acids is 1. The van der Waals surface area contributed by atoms with Crippen LogP contribution >= 0.6 is 11.3 Å². The van der Waals surface area contributed by atoms with Crippen molar-refractivity contribution in [1.82, 2.24) is 0 Å². The lowest BCUT2D eigenvalue weighted by molar-refractivity contribution is 0.104. The Morgan fingerprint density at radius 3 is 2.05 bits per heavy atom. The van der Waals surface area contributed by atoms with E-state index >= 15 is 0 Å². The number of benzene rings is 1. The second-order valence-corrected chi connectivity index (χ2v) is 5.96. The molecule has 0 saturated carbocycles. The molecule has 1 aromatic heterocycles. The molecule has 0 atom stereocenters. The van der Waals surface area contributed by atoms with Gasteiger partial charge in [-0.2, -0.15) is 0 Å². The van der Waals surface area contributed by atoms with Crippen molar-refractivity contribution in [2.45, 2.75) is 20.8 Å². The average molecular weight is 290 g/mol. The third kappa shape index (κ3) is 2.56. The molecule has 20 heavy (non-hydrogen) atoms. The molecule has 106 valence electrons. The zero-order valence-corrected chi connectivity index (χ0v) is 13.2. The average Bonchev–Trinajstić information content (AvgIpc) is 2.77. The summed E-state index contributed by atoms with van der Waals surface area (Å²) < 4.78 is 10.5. The van der Waals surface area contributed by atoms with Gasteiger partial charge >= 0.3 is 0 Å². The third-order valence-corrected chi connectivity index (χ3v) is 4.52. The number of methoxy groups -OCH3 is 2. The van der Waals surface area contributed by atoms with Crippen LogP contribution in [0.3, 0.4) is 0 Å². The first kappa shape index (κ1) is 14.6. The minimum Gasteiger partial charge on any atom is -0.493 e. The van der Waals surface area contributed by atoms with Crippen molar-refractivity contribution in [3.8, 4) is 11.5 Å². The lowest BCUT2D eigenvalue weighted by Gasteiger charge is -2.11. The number of hydrogen-bond donors (Lipinski definition) is 0. The predicted molar refractivity (Wildman–Crippen MR) is 81.5 cm³/mol. The Kier molecular flexibility index (Phi) is 4.14. The van der Waals surface area contributed by atoms with Gasteiger partial charge in [0.2, 0.25) is 5.78 Å². The summed E-state index contributed by atoms with van der Waals surface area (Å²) in [6.07, 6.45) is 0. The van der Waals surface area contributed by atoms with E-state index in [2.05, 4.69) is 0 Å². The summed E-state index contributed by atoms with van der Waals surface area (Å²) in [5.74, 6) is 1.25. The fraction of sp³-hybridized carbons (Fsp3) is 0.312. The van der Waals surface area contributed by atoms with E-state index in [9.17, 15) is 4.79 Å². The van der Waals surface area contributed by atoms with E-state index in [4.69, 9.17) is 9.47 Å². The van der Waals surface area contributed by atoms with Crippen LogP contribution in [0.1, 0.15) is 31.2 Å². The highest BCUT2D eigenvalue weighted by Crippen LogP contribution is 2.32. The predicted octanol–water partition coefficient (Wildman–Crippen LogP) is 3.92. The maximum atomic E-state index is 12.6. The molecule has 0 unspecified atom stereocenters. The number of thiophene rings is 1. The molecule has 0 saturated heterocycles. The van der Waals surface area contributed by atoms with Crippen molar-refractivity contribution in [1.29, 1.82) is 0 Å². The third-order valence-electron chi connectivity index (χ3n) is 3.36. The molecule has 4 heteroatoms. The highest BCUT2D eigenvalue weighted by atomic mass is 32.1. The number of hydrogen-bond acceptors (Lipinski definition) is 4. The lowest BCUT2D eigenvalue weighted by atomic mass is 10.0. The quantitative estimate of drug-likeness (QED) is 0.801. The summed E-state index contributed by atoms with van der Waals surface area (Å²) in [4.78, 5) is 14.5. The normalized spacial score (nSPS) is 10.4. The van der Waals surface area contributed by atoms with Gasteiger partial charge in [0.15, 0.2) is 11.5 Å². The Balaban J connectivity index is 2.49. The monoisotopic (exact) mass is 290 g/mol. The van der Waals surface area contributed by atoms with Gasteiger partial charge in [0, 0.05) is 10.4 Å². The molecule has 0 amide bonds. The summed E-state index contributed by atoms with van der Waals surface area (Å²) in [6.45, 7) is 5.95. The van der Waals surface area contributed by atoms with Crippen molar-refractivity contribution < 1.29 is 14.3 Å². The summed E-state index contributed by atoms with van der Waals surface area (Å²) in [6, 6.07) is 5.53. The second kappa shape index (κ2) is 5.67. The van der Waals surface area contributed by atoms with Crippen LogP contribution in [0.4, 0.5) is 0 Å². The van der Waals surface area contributed by atoms with Gasteiger partial charge in [-0.15, -0.1) is 11.3 Å². The Morgan fingerprint density at radius 2 is 1.55 bits per heavy atom. The van der Waals surface area contributed by atoms with Crippen LogP contribution in [0.2, 0.25) is 0 Å². The number of carbonyl (C=O) groups is 1. The maximum Gasteiger partial charge on any atom is 0.203 e. The van der Waals surface area contributed by atoms with E-state index in [0.29, 0.717) is 17.1 Å². The zero-order valence-electron chi connectivity index (χ0n) is 12.4. The van der Waals surface area contributed by atoms with E-state index in [1.54, 1.807) is 20.3 Å². The molecule has 0 aliphatic rings. The molecule has 0 spiro atoms. The molecule has 0 N–H and O–H groups in total. The first-order valence-electron chi connectivity index (χ1n) is 6.32. The van der Waals surface area contributed by atoms with Crippen molar-refractivity contribution >= 4 is 17.1 Å². The van der Waals surface area contributed by atoms with Gasteiger partial charge in [0.05, 0.1) is 19.1 Å². The van der Waals surface area contributed by atoms with E-state index < -0.39 is 0 Å². The highest BCUT2D eigenvalue weighted by molar-refractivity contribution is 7.14. The van der Waals surface area contributed by atoms with Crippen LogP contribution < -0.4 is 9.47 Å². The van der Waals surface area contributed by atoms with Crippen LogP contribution in [0.5, 0.6) is 11.5 Å². The van der Waals surface area contributed by atoms with E-state index in [1.165, 1.54) is 16.2 Å². The van der Waals surface area contributed by atoms with Gasteiger partial charge in [0.1, 0.15) is 0 Å². The minimum atomic E-state index is 0.0321. The fourth-order valence-electron chi connectivity index (χ4n) is 2.04. The van der Waals surface area contributed by atoms with Crippen molar-refractivity contribution in [2.24, 2.45) is 0 Å². The number of ketones is 1. The fourth-order valence-corrected chi connectivity index (χ4v) is 3.03. The maximum absolute atomic E-state index is 12.6. The van der Waals surface area contributed by atoms with E-state index in [-0.39, 0.29) is 5.78 Å². The van der Waals surface area contributed by atoms with Gasteiger partial charge in [0.25, 0.3) is 0 Å². The Morgan fingerprint density at radius 1 is 0.950 bits per heavy atom. The van der Waals surface area contributed by atoms with Gasteiger partial charge in [-0.25, -0.2) is 0 Å². The number of aryl methyl sites for hydroxylation is 3. The van der Waals surface area contributed by atoms with E-state index in [0.717, 1.165) is 16.0 Å². The number of rotatable bonds is 4. The molecule has 0 bridgehead atoms. The molecule has 0 aliphatic carbocycles. The van der Waals surface area contributed by atoms with Crippen molar-refractivity contribution in [3.63, 3.8) is 0 Å². The summed E-state index contributed by atoms with van der Waals surface area (Å²) in [7, 11) is 3.16. The molecule has 0 fully saturated rings. The highest BCUT2D eigenvalue weighted by Gasteiger charge is 2.18. The van der Waals surface area contributed by atoms with Gasteiger partial charge < -0.3 is 9.47 Å². The Labute approximate surface area is 123 Å². The lowest BCUT2D eigenvalue weighted by Crippen LogP contribution is -2.03. The first-order valence-corrected chi connectivity index (χ1v) is 7.14. The van der Waals surface area contributed by atoms with Crippen LogP contribution in [-0.4, -0.2) is 20.0 Å². The summed E-state index contributed by atoms with van der Waals surface area (Å²) >= 11 is 1.53. The van der Waals surface area contributed by atoms with Gasteiger partial charge in [-0.3, -0.25) is 4.79 Å². The van der Waals surface area contributed by atoms with E-state index in [1.807, 2.05) is 32.9 Å². The molecule has 1 heterocycles. The van der Waals surface area contributed by atoms with Crippen molar-refractivity contribution in [3.05, 3.63) is 44.6 Å². The molecule has 1 aromatic carbocycles. The molecule has 0 radical (unpaired) electrons. The summed E-state index contributed by atoms with van der Waals surface area (Å²) in [5.41, 5.74) is 2.69. The van der Waals surface area contributed by atoms with Crippen LogP contribution in [0.25, 0.3) is 0 Å². The second-order valence-electron chi connectivity index (χ2n) is 4.70. The molecule has 2 rings (SSSR count). The van der Waals surface area contributed by atoms with Crippen molar-refractivity contribution in [2.75, 3.05) is 14.2 Å². The Bertz CT molecular complexity index is 636. The van der Waals surface area contributed by atoms with Crippen LogP contribution in [0, 0.1) is 20.8 Å². The van der Waals surface area contributed by atoms with Gasteiger partial charge in [-0.1, -0.05) is 0 Å². The van der Waals surface area contributed by atoms with Crippen LogP contribution in [-0.2, 0) is 0 Å². The van der Waals surface area contributed by atoms with Gasteiger partial charge in [-0.05, 0) is 50.1 Å². The molecule has 0 aliphatic heterocycles. The SMILES string of the molecule is COc1cc(C)c(C(=O)c2cc(C)c(C)s2)cc1OC.